The number of rotatable bonds is 7. The van der Waals surface area contributed by atoms with Gasteiger partial charge in [-0.2, -0.15) is 5.10 Å². The molecule has 31 heavy (non-hydrogen) atoms. The summed E-state index contributed by atoms with van der Waals surface area (Å²) in [7, 11) is 0. The van der Waals surface area contributed by atoms with Crippen LogP contribution in [0.1, 0.15) is 25.1 Å². The highest BCUT2D eigenvalue weighted by Gasteiger charge is 2.18. The number of halogens is 1. The smallest absolute Gasteiger partial charge is 0.275 e. The molecule has 1 aromatic heterocycles. The maximum Gasteiger partial charge on any atom is 0.275 e. The summed E-state index contributed by atoms with van der Waals surface area (Å²) in [6.07, 6.45) is 0.0531. The largest absolute Gasteiger partial charge is 0.343 e. The van der Waals surface area contributed by atoms with Crippen LogP contribution in [-0.4, -0.2) is 39.6 Å². The van der Waals surface area contributed by atoms with E-state index in [0.29, 0.717) is 40.3 Å². The summed E-state index contributed by atoms with van der Waals surface area (Å²) in [5.74, 6) is -0.483. The molecule has 162 valence electrons. The second-order valence-corrected chi connectivity index (χ2v) is 7.64. The fourth-order valence-electron chi connectivity index (χ4n) is 3.43. The molecule has 1 N–H and O–H groups in total. The van der Waals surface area contributed by atoms with Crippen LogP contribution in [0.3, 0.4) is 0 Å². The quantitative estimate of drug-likeness (QED) is 0.610. The summed E-state index contributed by atoms with van der Waals surface area (Å²) in [6, 6.07) is 12.2. The summed E-state index contributed by atoms with van der Waals surface area (Å²) < 4.78 is 1.11. The van der Waals surface area contributed by atoms with E-state index in [-0.39, 0.29) is 24.4 Å². The van der Waals surface area contributed by atoms with Crippen LogP contribution in [0.5, 0.6) is 0 Å². The molecule has 0 fully saturated rings. The summed E-state index contributed by atoms with van der Waals surface area (Å²) in [4.78, 5) is 39.9. The third kappa shape index (κ3) is 5.11. The molecule has 2 aromatic carbocycles. The normalized spacial score (nSPS) is 10.8. The number of aromatic nitrogens is 2. The Morgan fingerprint density at radius 2 is 1.77 bits per heavy atom. The Kier molecular flexibility index (Phi) is 7.07. The zero-order valence-electron chi connectivity index (χ0n) is 17.8. The molecule has 3 rings (SSSR count). The highest BCUT2D eigenvalue weighted by Crippen LogP contribution is 2.20. The minimum atomic E-state index is -0.406. The molecule has 1 heterocycles. The van der Waals surface area contributed by atoms with Crippen LogP contribution in [0.25, 0.3) is 10.8 Å². The van der Waals surface area contributed by atoms with E-state index in [1.165, 1.54) is 0 Å². The molecule has 0 aliphatic heterocycles. The van der Waals surface area contributed by atoms with Crippen LogP contribution >= 0.6 is 11.6 Å². The fourth-order valence-corrected chi connectivity index (χ4v) is 3.60. The lowest BCUT2D eigenvalue weighted by molar-refractivity contribution is -0.130. The van der Waals surface area contributed by atoms with E-state index in [1.807, 2.05) is 20.8 Å². The molecular formula is C23H25ClN4O3. The van der Waals surface area contributed by atoms with Crippen LogP contribution in [-0.2, 0) is 22.6 Å². The SMILES string of the molecule is CCN(CC)C(=O)Cc1nn(CC(=O)Nc2cc(Cl)ccc2C)c(=O)c2ccccc12. The Labute approximate surface area is 185 Å². The first-order valence-electron chi connectivity index (χ1n) is 10.2. The predicted molar refractivity (Wildman–Crippen MR) is 122 cm³/mol. The van der Waals surface area contributed by atoms with Gasteiger partial charge in [-0.1, -0.05) is 35.9 Å². The Hall–Kier alpha value is -3.19. The van der Waals surface area contributed by atoms with Crippen molar-refractivity contribution in [1.29, 1.82) is 0 Å². The number of carbonyl (C=O) groups is 2. The van der Waals surface area contributed by atoms with E-state index < -0.39 is 5.91 Å². The first-order chi connectivity index (χ1) is 14.8. The van der Waals surface area contributed by atoms with Crippen LogP contribution < -0.4 is 10.9 Å². The van der Waals surface area contributed by atoms with Crippen molar-refractivity contribution >= 4 is 39.9 Å². The van der Waals surface area contributed by atoms with Crippen LogP contribution in [0.2, 0.25) is 5.02 Å². The molecule has 0 bridgehead atoms. The molecule has 7 nitrogen and oxygen atoms in total. The zero-order chi connectivity index (χ0) is 22.5. The number of amides is 2. The van der Waals surface area contributed by atoms with Crippen molar-refractivity contribution in [3.63, 3.8) is 0 Å². The highest BCUT2D eigenvalue weighted by atomic mass is 35.5. The molecule has 0 spiro atoms. The Morgan fingerprint density at radius 3 is 2.45 bits per heavy atom. The Morgan fingerprint density at radius 1 is 1.10 bits per heavy atom. The van der Waals surface area contributed by atoms with Gasteiger partial charge >= 0.3 is 0 Å². The van der Waals surface area contributed by atoms with Crippen LogP contribution in [0.4, 0.5) is 5.69 Å². The summed E-state index contributed by atoms with van der Waals surface area (Å²) in [5.41, 5.74) is 1.51. The van der Waals surface area contributed by atoms with Gasteiger partial charge in [0, 0.05) is 29.2 Å². The van der Waals surface area contributed by atoms with Crippen molar-refractivity contribution in [2.45, 2.75) is 33.7 Å². The summed E-state index contributed by atoms with van der Waals surface area (Å²) >= 11 is 6.01. The lowest BCUT2D eigenvalue weighted by Crippen LogP contribution is -2.34. The number of carbonyl (C=O) groups excluding carboxylic acids is 2. The van der Waals surface area contributed by atoms with Gasteiger partial charge in [0.15, 0.2) is 0 Å². The number of nitrogens with one attached hydrogen (secondary N) is 1. The second kappa shape index (κ2) is 9.75. The van der Waals surface area contributed by atoms with E-state index in [4.69, 9.17) is 11.6 Å². The van der Waals surface area contributed by atoms with Gasteiger partial charge < -0.3 is 10.2 Å². The van der Waals surface area contributed by atoms with E-state index in [9.17, 15) is 14.4 Å². The van der Waals surface area contributed by atoms with Crippen molar-refractivity contribution < 1.29 is 9.59 Å². The van der Waals surface area contributed by atoms with Crippen molar-refractivity contribution in [3.8, 4) is 0 Å². The Bertz CT molecular complexity index is 1190. The average molecular weight is 441 g/mol. The predicted octanol–water partition coefficient (Wildman–Crippen LogP) is 3.41. The molecule has 3 aromatic rings. The highest BCUT2D eigenvalue weighted by molar-refractivity contribution is 6.31. The number of nitrogens with zero attached hydrogens (tertiary/aromatic N) is 3. The molecule has 0 aliphatic rings. The Balaban J connectivity index is 1.94. The van der Waals surface area contributed by atoms with Gasteiger partial charge in [0.1, 0.15) is 6.54 Å². The molecule has 0 saturated heterocycles. The van der Waals surface area contributed by atoms with Gasteiger partial charge in [0.05, 0.1) is 17.5 Å². The summed E-state index contributed by atoms with van der Waals surface area (Å²) in [6.45, 7) is 6.58. The lowest BCUT2D eigenvalue weighted by atomic mass is 10.1. The van der Waals surface area contributed by atoms with Crippen molar-refractivity contribution in [2.75, 3.05) is 18.4 Å². The number of hydrogen-bond donors (Lipinski definition) is 1. The van der Waals surface area contributed by atoms with E-state index in [1.54, 1.807) is 47.4 Å². The molecule has 0 saturated carbocycles. The first kappa shape index (κ1) is 22.5. The third-order valence-corrected chi connectivity index (χ3v) is 5.38. The van der Waals surface area contributed by atoms with Crippen molar-refractivity contribution in [3.05, 3.63) is 69.1 Å². The maximum absolute atomic E-state index is 12.9. The van der Waals surface area contributed by atoms with E-state index in [2.05, 4.69) is 10.4 Å². The average Bonchev–Trinajstić information content (AvgIpc) is 2.75. The fraction of sp³-hybridized carbons (Fsp3) is 0.304. The molecule has 0 unspecified atom stereocenters. The number of hydrogen-bond acceptors (Lipinski definition) is 4. The topological polar surface area (TPSA) is 84.3 Å². The van der Waals surface area contributed by atoms with Crippen LogP contribution in [0, 0.1) is 6.92 Å². The van der Waals surface area contributed by atoms with Gasteiger partial charge in [0.2, 0.25) is 11.8 Å². The number of likely N-dealkylation sites (N-methyl/N-ethyl adjacent to an activating group) is 1. The summed E-state index contributed by atoms with van der Waals surface area (Å²) in [5, 5.41) is 8.70. The zero-order valence-corrected chi connectivity index (χ0v) is 18.6. The standard InChI is InChI=1S/C23H25ClN4O3/c1-4-27(5-2)22(30)13-20-17-8-6-7-9-18(17)23(31)28(26-20)14-21(29)25-19-12-16(24)11-10-15(19)3/h6-12H,4-5,13-14H2,1-3H3,(H,25,29). The van der Waals surface area contributed by atoms with Crippen molar-refractivity contribution in [2.24, 2.45) is 0 Å². The van der Waals surface area contributed by atoms with Crippen molar-refractivity contribution in [1.82, 2.24) is 14.7 Å². The van der Waals surface area contributed by atoms with Gasteiger partial charge in [-0.3, -0.25) is 14.4 Å². The molecular weight excluding hydrogens is 416 g/mol. The van der Waals surface area contributed by atoms with E-state index >= 15 is 0 Å². The second-order valence-electron chi connectivity index (χ2n) is 7.21. The van der Waals surface area contributed by atoms with Gasteiger partial charge in [-0.15, -0.1) is 0 Å². The van der Waals surface area contributed by atoms with Gasteiger partial charge in [0.25, 0.3) is 5.56 Å². The minimum Gasteiger partial charge on any atom is -0.343 e. The number of anilines is 1. The molecule has 8 heteroatoms. The molecule has 0 atom stereocenters. The molecule has 2 amide bonds. The minimum absolute atomic E-state index is 0.0531. The molecule has 0 aliphatic carbocycles. The van der Waals surface area contributed by atoms with Gasteiger partial charge in [-0.25, -0.2) is 4.68 Å². The number of fused-ring (bicyclic) bond motifs is 1. The number of aryl methyl sites for hydroxylation is 1. The molecule has 0 radical (unpaired) electrons. The lowest BCUT2D eigenvalue weighted by Gasteiger charge is -2.19. The first-order valence-corrected chi connectivity index (χ1v) is 10.5. The van der Waals surface area contributed by atoms with Crippen LogP contribution in [0.15, 0.2) is 47.3 Å². The van der Waals surface area contributed by atoms with Gasteiger partial charge in [-0.05, 0) is 44.5 Å². The van der Waals surface area contributed by atoms with E-state index in [0.717, 1.165) is 10.2 Å². The number of benzene rings is 2. The maximum atomic E-state index is 12.9. The monoisotopic (exact) mass is 440 g/mol. The third-order valence-electron chi connectivity index (χ3n) is 5.15.